The number of methoxy groups -OCH3 is 1. The Labute approximate surface area is 207 Å². The number of carbonyl (C=O) groups is 2. The average Bonchev–Trinajstić information content (AvgIpc) is 3.47. The topological polar surface area (TPSA) is 147 Å². The molecule has 12 nitrogen and oxygen atoms in total. The fraction of sp³-hybridized carbons (Fsp3) is 0.421. The van der Waals surface area contributed by atoms with Crippen molar-refractivity contribution >= 4 is 51.7 Å². The van der Waals surface area contributed by atoms with Gasteiger partial charge in [0.1, 0.15) is 12.0 Å². The molecule has 2 atom stereocenters. The van der Waals surface area contributed by atoms with Crippen LogP contribution in [0.15, 0.2) is 6.33 Å². The van der Waals surface area contributed by atoms with Crippen LogP contribution in [0.3, 0.4) is 0 Å². The summed E-state index contributed by atoms with van der Waals surface area (Å²) in [4.78, 5) is 37.5. The van der Waals surface area contributed by atoms with Crippen molar-refractivity contribution in [3.63, 3.8) is 0 Å². The molecule has 182 valence electrons. The Morgan fingerprint density at radius 2 is 2.12 bits per heavy atom. The van der Waals surface area contributed by atoms with E-state index in [4.69, 9.17) is 37.8 Å². The number of halogens is 2. The van der Waals surface area contributed by atoms with E-state index in [9.17, 15) is 9.59 Å². The molecule has 0 aromatic carbocycles. The third-order valence-corrected chi connectivity index (χ3v) is 7.36. The second kappa shape index (κ2) is 9.78. The van der Waals surface area contributed by atoms with Gasteiger partial charge in [-0.2, -0.15) is 5.10 Å². The maximum atomic E-state index is 12.8. The summed E-state index contributed by atoms with van der Waals surface area (Å²) >= 11 is 13.3. The Morgan fingerprint density at radius 1 is 1.35 bits per heavy atom. The van der Waals surface area contributed by atoms with Crippen LogP contribution < -0.4 is 15.0 Å². The molecule has 1 aliphatic rings. The van der Waals surface area contributed by atoms with Gasteiger partial charge in [0.2, 0.25) is 5.06 Å². The zero-order valence-corrected chi connectivity index (χ0v) is 20.7. The predicted molar refractivity (Wildman–Crippen MR) is 125 cm³/mol. The van der Waals surface area contributed by atoms with Crippen LogP contribution in [0, 0.1) is 6.92 Å². The van der Waals surface area contributed by atoms with Crippen LogP contribution in [-0.4, -0.2) is 74.2 Å². The van der Waals surface area contributed by atoms with E-state index < -0.39 is 6.16 Å². The second-order valence-corrected chi connectivity index (χ2v) is 9.25. The molecule has 3 aromatic rings. The number of ether oxygens (including phenoxy) is 2. The van der Waals surface area contributed by atoms with Gasteiger partial charge in [0.15, 0.2) is 16.6 Å². The van der Waals surface area contributed by atoms with Crippen molar-refractivity contribution in [2.75, 3.05) is 25.1 Å². The van der Waals surface area contributed by atoms with Crippen LogP contribution in [0.5, 0.6) is 5.06 Å². The standard InChI is InChI=1S/C19H21Cl2N7O5S/c1-8-11(20)12(21)13(24-8)16(29)25-9-4-5-28(6-10(9)32-3)18-26-14(15-22-7-23-27(15)2)17(34-18)33-19(30)31/h7,9-10,24H,4-6H2,1-3H3,(H,25,29)(H,30,31)/t9-,10+/m1/s1. The number of nitrogens with zero attached hydrogens (tertiary/aromatic N) is 5. The number of aromatic nitrogens is 5. The Hall–Kier alpha value is -2.87. The Bertz CT molecular complexity index is 1230. The molecule has 4 heterocycles. The minimum Gasteiger partial charge on any atom is -0.449 e. The third kappa shape index (κ3) is 4.69. The van der Waals surface area contributed by atoms with E-state index in [1.807, 2.05) is 4.90 Å². The summed E-state index contributed by atoms with van der Waals surface area (Å²) in [6, 6.07) is -0.292. The number of carboxylic acid groups (broad SMARTS) is 1. The zero-order valence-electron chi connectivity index (χ0n) is 18.3. The van der Waals surface area contributed by atoms with Crippen molar-refractivity contribution in [2.45, 2.75) is 25.5 Å². The van der Waals surface area contributed by atoms with Crippen LogP contribution in [0.2, 0.25) is 10.0 Å². The summed E-state index contributed by atoms with van der Waals surface area (Å²) in [7, 11) is 3.23. The maximum Gasteiger partial charge on any atom is 0.512 e. The molecule has 1 aliphatic heterocycles. The van der Waals surface area contributed by atoms with Gasteiger partial charge in [-0.05, 0) is 13.3 Å². The highest BCUT2D eigenvalue weighted by Gasteiger charge is 2.34. The number of anilines is 1. The summed E-state index contributed by atoms with van der Waals surface area (Å²) in [6.45, 7) is 2.66. The SMILES string of the molecule is CO[C@H]1CN(c2nc(-c3ncnn3C)c(OC(=O)O)s2)CC[C@H]1NC(=O)c1[nH]c(C)c(Cl)c1Cl. The molecule has 1 amide bonds. The predicted octanol–water partition coefficient (Wildman–Crippen LogP) is 2.96. The van der Waals surface area contributed by atoms with Gasteiger partial charge in [-0.25, -0.2) is 19.4 Å². The first kappa shape index (κ1) is 24.3. The number of nitrogens with one attached hydrogen (secondary N) is 2. The maximum absolute atomic E-state index is 12.8. The van der Waals surface area contributed by atoms with E-state index in [1.165, 1.54) is 11.0 Å². The summed E-state index contributed by atoms with van der Waals surface area (Å²) in [5, 5.41) is 17.2. The van der Waals surface area contributed by atoms with Crippen LogP contribution in [0.4, 0.5) is 9.93 Å². The smallest absolute Gasteiger partial charge is 0.449 e. The van der Waals surface area contributed by atoms with Gasteiger partial charge in [0, 0.05) is 32.9 Å². The van der Waals surface area contributed by atoms with E-state index in [0.29, 0.717) is 41.2 Å². The molecule has 0 unspecified atom stereocenters. The number of piperidine rings is 1. The molecular formula is C19H21Cl2N7O5S. The number of rotatable bonds is 6. The summed E-state index contributed by atoms with van der Waals surface area (Å²) in [6.07, 6.45) is 0.0738. The lowest BCUT2D eigenvalue weighted by Crippen LogP contribution is -2.55. The fourth-order valence-electron chi connectivity index (χ4n) is 3.69. The van der Waals surface area contributed by atoms with Crippen molar-refractivity contribution in [3.05, 3.63) is 27.8 Å². The zero-order chi connectivity index (χ0) is 24.6. The average molecular weight is 530 g/mol. The van der Waals surface area contributed by atoms with E-state index in [0.717, 1.165) is 11.3 Å². The normalized spacial score (nSPS) is 18.2. The van der Waals surface area contributed by atoms with Gasteiger partial charge < -0.3 is 29.8 Å². The van der Waals surface area contributed by atoms with Gasteiger partial charge in [0.25, 0.3) is 5.91 Å². The Morgan fingerprint density at radius 3 is 2.71 bits per heavy atom. The first-order valence-electron chi connectivity index (χ1n) is 10.1. The Kier molecular flexibility index (Phi) is 6.98. The van der Waals surface area contributed by atoms with Crippen molar-refractivity contribution in [3.8, 4) is 16.6 Å². The number of carbonyl (C=O) groups excluding carboxylic acids is 1. The van der Waals surface area contributed by atoms with Crippen LogP contribution in [0.1, 0.15) is 22.6 Å². The van der Waals surface area contributed by atoms with Gasteiger partial charge >= 0.3 is 6.16 Å². The van der Waals surface area contributed by atoms with Gasteiger partial charge in [0.05, 0.1) is 22.2 Å². The highest BCUT2D eigenvalue weighted by molar-refractivity contribution is 7.18. The molecule has 3 N–H and O–H groups in total. The molecule has 0 spiro atoms. The number of aryl methyl sites for hydroxylation is 2. The number of hydrogen-bond acceptors (Lipinski definition) is 9. The number of H-pyrrole nitrogens is 1. The molecule has 0 saturated carbocycles. The van der Waals surface area contributed by atoms with Crippen LogP contribution in [0.25, 0.3) is 11.5 Å². The molecule has 0 radical (unpaired) electrons. The molecule has 0 bridgehead atoms. The summed E-state index contributed by atoms with van der Waals surface area (Å²) < 4.78 is 12.1. The lowest BCUT2D eigenvalue weighted by Gasteiger charge is -2.37. The number of aromatic amines is 1. The van der Waals surface area contributed by atoms with Crippen LogP contribution in [-0.2, 0) is 11.8 Å². The summed E-state index contributed by atoms with van der Waals surface area (Å²) in [5.74, 6) is -0.00238. The van der Waals surface area contributed by atoms with E-state index in [-0.39, 0.29) is 39.5 Å². The third-order valence-electron chi connectivity index (χ3n) is 5.42. The van der Waals surface area contributed by atoms with Crippen molar-refractivity contribution in [2.24, 2.45) is 7.05 Å². The molecule has 34 heavy (non-hydrogen) atoms. The van der Waals surface area contributed by atoms with Gasteiger partial charge in [-0.3, -0.25) is 4.79 Å². The Balaban J connectivity index is 1.52. The molecule has 15 heteroatoms. The van der Waals surface area contributed by atoms with Crippen molar-refractivity contribution < 1.29 is 24.2 Å². The number of thiazole rings is 1. The van der Waals surface area contributed by atoms with Gasteiger partial charge in [-0.1, -0.05) is 34.5 Å². The first-order valence-corrected chi connectivity index (χ1v) is 11.6. The monoisotopic (exact) mass is 529 g/mol. The largest absolute Gasteiger partial charge is 0.512 e. The molecular weight excluding hydrogens is 509 g/mol. The van der Waals surface area contributed by atoms with Crippen LogP contribution >= 0.6 is 34.5 Å². The minimum atomic E-state index is -1.45. The molecule has 4 rings (SSSR count). The molecule has 1 saturated heterocycles. The second-order valence-electron chi connectivity index (χ2n) is 7.55. The number of amides is 1. The first-order chi connectivity index (χ1) is 16.2. The highest BCUT2D eigenvalue weighted by Crippen LogP contribution is 2.39. The van der Waals surface area contributed by atoms with E-state index >= 15 is 0 Å². The van der Waals surface area contributed by atoms with Gasteiger partial charge in [-0.15, -0.1) is 0 Å². The highest BCUT2D eigenvalue weighted by atomic mass is 35.5. The lowest BCUT2D eigenvalue weighted by molar-refractivity contribution is 0.0540. The van der Waals surface area contributed by atoms with E-state index in [1.54, 1.807) is 21.1 Å². The molecule has 0 aliphatic carbocycles. The molecule has 1 fully saturated rings. The fourth-order valence-corrected chi connectivity index (χ4v) is 5.05. The van der Waals surface area contributed by atoms with Crippen molar-refractivity contribution in [1.82, 2.24) is 30.0 Å². The summed E-state index contributed by atoms with van der Waals surface area (Å²) in [5.41, 5.74) is 1.09. The minimum absolute atomic E-state index is 0.0941. The van der Waals surface area contributed by atoms with E-state index in [2.05, 4.69) is 25.4 Å². The number of hydrogen-bond donors (Lipinski definition) is 3. The lowest BCUT2D eigenvalue weighted by atomic mass is 10.0. The molecule has 3 aromatic heterocycles. The van der Waals surface area contributed by atoms with Crippen molar-refractivity contribution in [1.29, 1.82) is 0 Å². The quantitative estimate of drug-likeness (QED) is 0.409.